The van der Waals surface area contributed by atoms with E-state index in [0.29, 0.717) is 13.1 Å². The third-order valence-electron chi connectivity index (χ3n) is 3.88. The Balaban J connectivity index is 0.00000288. The molecule has 138 valence electrons. The van der Waals surface area contributed by atoms with Crippen LogP contribution < -0.4 is 10.6 Å². The van der Waals surface area contributed by atoms with Crippen molar-refractivity contribution in [3.63, 3.8) is 0 Å². The zero-order chi connectivity index (χ0) is 17.1. The number of aryl methyl sites for hydroxylation is 2. The largest absolute Gasteiger partial charge is 0.357 e. The number of rotatable bonds is 7. The van der Waals surface area contributed by atoms with Crippen LogP contribution in [0.2, 0.25) is 0 Å². The normalized spacial score (nSPS) is 16.4. The summed E-state index contributed by atoms with van der Waals surface area (Å²) in [4.78, 5) is 10.2. The van der Waals surface area contributed by atoms with Crippen molar-refractivity contribution in [3.05, 3.63) is 15.6 Å². The number of nitrogens with one attached hydrogen (secondary N) is 2. The van der Waals surface area contributed by atoms with E-state index in [4.69, 9.17) is 0 Å². The molecule has 1 fully saturated rings. The average Bonchev–Trinajstić information content (AvgIpc) is 3.09. The van der Waals surface area contributed by atoms with Crippen molar-refractivity contribution in [2.75, 3.05) is 25.1 Å². The highest BCUT2D eigenvalue weighted by molar-refractivity contribution is 14.0. The molecule has 0 atom stereocenters. The summed E-state index contributed by atoms with van der Waals surface area (Å²) in [5.74, 6) is 0.984. The topological polar surface area (TPSA) is 83.4 Å². The molecule has 2 N–H and O–H groups in total. The number of aliphatic imine (C=N–C) groups is 1. The lowest BCUT2D eigenvalue weighted by atomic mass is 10.1. The SMILES string of the molecule is CCNC(=NCc1sc(C)nc1C)NCC1(CS(C)(=O)=O)CC1.I. The molecule has 1 aliphatic rings. The van der Waals surface area contributed by atoms with E-state index in [1.165, 1.54) is 6.26 Å². The summed E-state index contributed by atoms with van der Waals surface area (Å²) in [6.45, 7) is 8.02. The molecule has 1 heterocycles. The van der Waals surface area contributed by atoms with Gasteiger partial charge in [0.1, 0.15) is 9.84 Å². The molecule has 2 rings (SSSR count). The average molecular weight is 486 g/mol. The minimum atomic E-state index is -2.94. The number of aromatic nitrogens is 1. The predicted octanol–water partition coefficient (Wildman–Crippen LogP) is 2.26. The zero-order valence-corrected chi connectivity index (χ0v) is 18.6. The van der Waals surface area contributed by atoms with Gasteiger partial charge in [0.25, 0.3) is 0 Å². The van der Waals surface area contributed by atoms with E-state index in [0.717, 1.165) is 40.9 Å². The summed E-state index contributed by atoms with van der Waals surface area (Å²) in [5.41, 5.74) is 0.920. The lowest BCUT2D eigenvalue weighted by molar-refractivity contribution is 0.529. The van der Waals surface area contributed by atoms with Gasteiger partial charge in [0, 0.05) is 29.6 Å². The monoisotopic (exact) mass is 486 g/mol. The van der Waals surface area contributed by atoms with Gasteiger partial charge in [-0.15, -0.1) is 35.3 Å². The van der Waals surface area contributed by atoms with Gasteiger partial charge in [-0.05, 0) is 33.6 Å². The Morgan fingerprint density at radius 1 is 1.33 bits per heavy atom. The highest BCUT2D eigenvalue weighted by Crippen LogP contribution is 2.45. The Bertz CT molecular complexity index is 682. The summed E-state index contributed by atoms with van der Waals surface area (Å²) >= 11 is 1.67. The molecule has 0 spiro atoms. The maximum Gasteiger partial charge on any atom is 0.191 e. The van der Waals surface area contributed by atoms with E-state index in [1.54, 1.807) is 11.3 Å². The molecule has 0 bridgehead atoms. The van der Waals surface area contributed by atoms with Crippen LogP contribution in [0.1, 0.15) is 35.3 Å². The fraction of sp³-hybridized carbons (Fsp3) is 0.733. The highest BCUT2D eigenvalue weighted by Gasteiger charge is 2.45. The maximum atomic E-state index is 11.5. The molecule has 1 aliphatic carbocycles. The Labute approximate surface area is 165 Å². The first-order valence-corrected chi connectivity index (χ1v) is 10.7. The zero-order valence-electron chi connectivity index (χ0n) is 14.7. The second-order valence-electron chi connectivity index (χ2n) is 6.36. The molecule has 0 aromatic carbocycles. The van der Waals surface area contributed by atoms with Gasteiger partial charge in [-0.3, -0.25) is 0 Å². The summed E-state index contributed by atoms with van der Waals surface area (Å²) in [7, 11) is -2.94. The van der Waals surface area contributed by atoms with Crippen LogP contribution in [0.3, 0.4) is 0 Å². The Morgan fingerprint density at radius 2 is 2.00 bits per heavy atom. The number of guanidine groups is 1. The third kappa shape index (κ3) is 6.83. The van der Waals surface area contributed by atoms with Crippen LogP contribution in [0.15, 0.2) is 4.99 Å². The maximum absolute atomic E-state index is 11.5. The third-order valence-corrected chi connectivity index (χ3v) is 6.08. The van der Waals surface area contributed by atoms with Crippen LogP contribution in [0.25, 0.3) is 0 Å². The molecule has 1 aromatic rings. The number of hydrogen-bond donors (Lipinski definition) is 2. The van der Waals surface area contributed by atoms with Gasteiger partial charge in [0.2, 0.25) is 0 Å². The second-order valence-corrected chi connectivity index (χ2v) is 9.79. The minimum Gasteiger partial charge on any atom is -0.357 e. The lowest BCUT2D eigenvalue weighted by Gasteiger charge is -2.17. The van der Waals surface area contributed by atoms with Crippen LogP contribution in [0, 0.1) is 19.3 Å². The van der Waals surface area contributed by atoms with Crippen molar-refractivity contribution in [2.45, 2.75) is 40.2 Å². The summed E-state index contributed by atoms with van der Waals surface area (Å²) in [5, 5.41) is 7.57. The van der Waals surface area contributed by atoms with Crippen molar-refractivity contribution in [3.8, 4) is 0 Å². The van der Waals surface area contributed by atoms with Gasteiger partial charge in [0.15, 0.2) is 5.96 Å². The Hall–Kier alpha value is -0.420. The quantitative estimate of drug-likeness (QED) is 0.351. The summed E-state index contributed by atoms with van der Waals surface area (Å²) < 4.78 is 23.1. The molecular formula is C15H27IN4O2S2. The minimum absolute atomic E-state index is 0. The first kappa shape index (κ1) is 21.6. The van der Waals surface area contributed by atoms with Crippen molar-refractivity contribution < 1.29 is 8.42 Å². The van der Waals surface area contributed by atoms with Gasteiger partial charge in [-0.25, -0.2) is 18.4 Å². The molecule has 0 radical (unpaired) electrons. The number of sulfone groups is 1. The lowest BCUT2D eigenvalue weighted by Crippen LogP contribution is -2.41. The van der Waals surface area contributed by atoms with Crippen LogP contribution in [0.4, 0.5) is 0 Å². The van der Waals surface area contributed by atoms with E-state index < -0.39 is 9.84 Å². The molecule has 0 unspecified atom stereocenters. The van der Waals surface area contributed by atoms with E-state index in [2.05, 4.69) is 20.6 Å². The van der Waals surface area contributed by atoms with Crippen LogP contribution in [-0.2, 0) is 16.4 Å². The van der Waals surface area contributed by atoms with Gasteiger partial charge in [-0.1, -0.05) is 0 Å². The van der Waals surface area contributed by atoms with Crippen molar-refractivity contribution in [2.24, 2.45) is 10.4 Å². The second kappa shape index (κ2) is 8.79. The fourth-order valence-corrected chi connectivity index (χ4v) is 4.95. The standard InChI is InChI=1S/C15H26N4O2S2.HI/c1-5-16-14(17-8-13-11(2)19-12(3)22-13)18-9-15(6-7-15)10-23(4,20)21;/h5-10H2,1-4H3,(H2,16,17,18);1H. The number of nitrogens with zero attached hydrogens (tertiary/aromatic N) is 2. The fourth-order valence-electron chi connectivity index (χ4n) is 2.59. The van der Waals surface area contributed by atoms with E-state index >= 15 is 0 Å². The van der Waals surface area contributed by atoms with Crippen LogP contribution in [-0.4, -0.2) is 44.5 Å². The van der Waals surface area contributed by atoms with E-state index in [-0.39, 0.29) is 35.1 Å². The van der Waals surface area contributed by atoms with Crippen molar-refractivity contribution >= 4 is 51.1 Å². The van der Waals surface area contributed by atoms with Crippen LogP contribution in [0.5, 0.6) is 0 Å². The Kier molecular flexibility index (Phi) is 7.92. The van der Waals surface area contributed by atoms with Gasteiger partial charge < -0.3 is 10.6 Å². The van der Waals surface area contributed by atoms with E-state index in [9.17, 15) is 8.42 Å². The highest BCUT2D eigenvalue weighted by atomic mass is 127. The van der Waals surface area contributed by atoms with Crippen molar-refractivity contribution in [1.82, 2.24) is 15.6 Å². The smallest absolute Gasteiger partial charge is 0.191 e. The molecular weight excluding hydrogens is 459 g/mol. The number of thiazole rings is 1. The first-order chi connectivity index (χ1) is 10.7. The van der Waals surface area contributed by atoms with Gasteiger partial charge in [-0.2, -0.15) is 0 Å². The molecule has 9 heteroatoms. The van der Waals surface area contributed by atoms with Crippen LogP contribution >= 0.6 is 35.3 Å². The Morgan fingerprint density at radius 3 is 2.46 bits per heavy atom. The molecule has 6 nitrogen and oxygen atoms in total. The number of hydrogen-bond acceptors (Lipinski definition) is 5. The van der Waals surface area contributed by atoms with Gasteiger partial charge >= 0.3 is 0 Å². The molecule has 1 aromatic heterocycles. The molecule has 0 saturated heterocycles. The number of halogens is 1. The molecule has 0 aliphatic heterocycles. The summed E-state index contributed by atoms with van der Waals surface area (Å²) in [6, 6.07) is 0. The predicted molar refractivity (Wildman–Crippen MR) is 111 cm³/mol. The summed E-state index contributed by atoms with van der Waals surface area (Å²) in [6.07, 6.45) is 3.22. The first-order valence-electron chi connectivity index (χ1n) is 7.86. The molecule has 0 amide bonds. The molecule has 24 heavy (non-hydrogen) atoms. The van der Waals surface area contributed by atoms with Crippen molar-refractivity contribution in [1.29, 1.82) is 0 Å². The van der Waals surface area contributed by atoms with E-state index in [1.807, 2.05) is 20.8 Å². The van der Waals surface area contributed by atoms with Gasteiger partial charge in [0.05, 0.1) is 23.0 Å². The molecule has 1 saturated carbocycles.